The molecular formula is C131H170B2N4O2. The van der Waals surface area contributed by atoms with E-state index in [0.29, 0.717) is 5.92 Å². The molecule has 2 aromatic heterocycles. The molecule has 0 radical (unpaired) electrons. The van der Waals surface area contributed by atoms with Gasteiger partial charge in [-0.3, -0.25) is 0 Å². The molecule has 8 aliphatic carbocycles. The summed E-state index contributed by atoms with van der Waals surface area (Å²) >= 11 is 0. The molecule has 732 valence electrons. The van der Waals surface area contributed by atoms with Crippen LogP contribution in [-0.4, -0.2) is 13.4 Å². The van der Waals surface area contributed by atoms with Crippen molar-refractivity contribution < 1.29 is 8.83 Å². The minimum atomic E-state index is -0.228. The van der Waals surface area contributed by atoms with Crippen LogP contribution in [0, 0.1) is 5.92 Å². The molecular weight excluding hydrogens is 1680 g/mol. The first-order chi connectivity index (χ1) is 64.9. The van der Waals surface area contributed by atoms with Gasteiger partial charge in [-0.2, -0.15) is 0 Å². The third kappa shape index (κ3) is 14.4. The lowest BCUT2D eigenvalue weighted by molar-refractivity contribution is 0.252. The SMILES string of the molecule is CCCCC(C)(C)c1ccc(N2c3cc4c(cc3B3c5oc6c(c5N(c5ccc7c(c5)C(C)(C)CCC7(C)C)c5cc(C7CCCCC7)cc2c53)C(C)(C)CCC6(C)C)C(C)(CC(C)C(C)c2cc3c5c(c2)N(c2ccc6c(c2)C(C)(C)CCC6(C)C)c2c(oc6c2C(C)(C)CCC6(C)C)B5c2cc5c(cc2N3c2ccc3c(c2)C(C)(C)CCC3(C)C)C(C)(C)CCC5(C)C)CCC4(C)C)cc1CC. The van der Waals surface area contributed by atoms with Crippen LogP contribution in [0.1, 0.15) is 489 Å². The number of fused-ring (bicyclic) bond motifs is 17. The van der Waals surface area contributed by atoms with Crippen molar-refractivity contribution in [2.75, 3.05) is 19.6 Å². The highest BCUT2D eigenvalue weighted by Crippen LogP contribution is 2.64. The van der Waals surface area contributed by atoms with Gasteiger partial charge in [0.25, 0.3) is 13.4 Å². The van der Waals surface area contributed by atoms with E-state index in [2.05, 4.69) is 369 Å². The van der Waals surface area contributed by atoms with Crippen LogP contribution in [0.15, 0.2) is 130 Å². The van der Waals surface area contributed by atoms with Gasteiger partial charge in [-0.1, -0.05) is 297 Å². The van der Waals surface area contributed by atoms with E-state index < -0.39 is 0 Å². The number of benzene rings is 8. The van der Waals surface area contributed by atoms with Gasteiger partial charge in [-0.15, -0.1) is 0 Å². The minimum Gasteiger partial charge on any atom is -0.472 e. The van der Waals surface area contributed by atoms with Gasteiger partial charge in [0, 0.05) is 78.8 Å². The van der Waals surface area contributed by atoms with Gasteiger partial charge in [-0.05, 0) is 395 Å². The molecule has 1 fully saturated rings. The number of anilines is 12. The lowest BCUT2D eigenvalue weighted by atomic mass is 9.34. The fourth-order valence-corrected chi connectivity index (χ4v) is 30.6. The van der Waals surface area contributed by atoms with Gasteiger partial charge in [0.1, 0.15) is 11.5 Å². The summed E-state index contributed by atoms with van der Waals surface area (Å²) in [5.74, 6) is 3.20. The normalized spacial score (nSPS) is 23.8. The van der Waals surface area contributed by atoms with Crippen molar-refractivity contribution >= 4 is 115 Å². The maximum absolute atomic E-state index is 8.39. The average Bonchev–Trinajstić information content (AvgIpc) is 1.59. The molecule has 8 heteroatoms. The van der Waals surface area contributed by atoms with Crippen molar-refractivity contribution in [2.24, 2.45) is 5.92 Å². The Morgan fingerprint density at radius 3 is 1.11 bits per heavy atom. The highest BCUT2D eigenvalue weighted by atomic mass is 16.3. The Morgan fingerprint density at radius 2 is 0.683 bits per heavy atom. The minimum absolute atomic E-state index is 0.00206. The molecule has 0 bridgehead atoms. The smallest absolute Gasteiger partial charge is 0.297 e. The van der Waals surface area contributed by atoms with Gasteiger partial charge in [0.05, 0.1) is 22.7 Å². The van der Waals surface area contributed by atoms with E-state index in [4.69, 9.17) is 8.83 Å². The zero-order valence-corrected chi connectivity index (χ0v) is 92.5. The predicted molar refractivity (Wildman–Crippen MR) is 597 cm³/mol. The van der Waals surface area contributed by atoms with Gasteiger partial charge in [0.2, 0.25) is 0 Å². The van der Waals surface area contributed by atoms with Crippen LogP contribution in [0.25, 0.3) is 0 Å². The van der Waals surface area contributed by atoms with Gasteiger partial charge < -0.3 is 28.4 Å². The van der Waals surface area contributed by atoms with Crippen molar-refractivity contribution in [3.05, 3.63) is 222 Å². The molecule has 0 spiro atoms. The monoisotopic (exact) mass is 1850 g/mol. The number of hydrogen-bond donors (Lipinski definition) is 0. The molecule has 3 unspecified atom stereocenters. The zero-order valence-electron chi connectivity index (χ0n) is 92.5. The zero-order chi connectivity index (χ0) is 99.0. The molecule has 22 rings (SSSR count). The topological polar surface area (TPSA) is 39.2 Å². The number of aryl methyl sites for hydroxylation is 1. The van der Waals surface area contributed by atoms with E-state index in [-0.39, 0.29) is 106 Å². The average molecular weight is 1850 g/mol. The third-order valence-corrected chi connectivity index (χ3v) is 41.1. The second kappa shape index (κ2) is 31.1. The highest BCUT2D eigenvalue weighted by Gasteiger charge is 2.59. The van der Waals surface area contributed by atoms with Crippen LogP contribution in [-0.2, 0) is 87.6 Å². The highest BCUT2D eigenvalue weighted by molar-refractivity contribution is 7.00. The first-order valence-corrected chi connectivity index (χ1v) is 55.8. The van der Waals surface area contributed by atoms with E-state index in [1.54, 1.807) is 5.56 Å². The molecule has 1 saturated carbocycles. The summed E-state index contributed by atoms with van der Waals surface area (Å²) in [5.41, 5.74) is 46.3. The summed E-state index contributed by atoms with van der Waals surface area (Å²) in [7, 11) is 0. The van der Waals surface area contributed by atoms with Crippen LogP contribution in [0.3, 0.4) is 0 Å². The summed E-state index contributed by atoms with van der Waals surface area (Å²) in [6.07, 6.45) is 27.6. The Balaban J connectivity index is 0.785. The summed E-state index contributed by atoms with van der Waals surface area (Å²) in [6, 6.07) is 53.7. The predicted octanol–water partition coefficient (Wildman–Crippen LogP) is 33.4. The number of hydrogen-bond acceptors (Lipinski definition) is 6. The Hall–Kier alpha value is -8.35. The van der Waals surface area contributed by atoms with E-state index in [1.165, 1.54) is 256 Å². The standard InChI is InChI=1S/C131H170B2N4O2/c1-34-36-50-117(5,6)88-46-42-84(65-80(88)35-2)134-102-76-97-98(74-100(102)133-110-104(134)68-83(81-40-38-37-39-41-81)69-106(110)137(87-45-49-91-94(72-87)123(17,18)56-53-120(91,11)12)112-108-114(139-116(112)133)130(31,32)62-60-128(108,27)28)131(33,64-63-126(97,23)24)77-78(3)79(4)82-66-103-109-105(67-82)136(86-44-48-90-93(71-86)122(15,16)55-52-119(90,9)10)111-107-113(129(29,30)61-59-127(107,25)26)138-115(111)132(109)99-73-95-96(125(21,22)58-57-124(95,19)20)75-101(99)135(103)85-43-47-89-92(70-85)121(13,14)54-51-118(89,7)8/h42-49,65-76,78-79,81H,34-41,50-64,77H2,1-33H3. The first-order valence-electron chi connectivity index (χ1n) is 55.8. The van der Waals surface area contributed by atoms with Gasteiger partial charge >= 0.3 is 0 Å². The quantitative estimate of drug-likeness (QED) is 0.101. The van der Waals surface area contributed by atoms with E-state index in [1.807, 2.05) is 0 Å². The maximum atomic E-state index is 8.39. The third-order valence-electron chi connectivity index (χ3n) is 41.1. The molecule has 10 aromatic rings. The first kappa shape index (κ1) is 95.5. The van der Waals surface area contributed by atoms with Crippen LogP contribution in [0.2, 0.25) is 0 Å². The second-order valence-corrected chi connectivity index (χ2v) is 57.3. The van der Waals surface area contributed by atoms with Crippen molar-refractivity contribution in [3.63, 3.8) is 0 Å². The Labute approximate surface area is 841 Å². The number of furan rings is 2. The summed E-state index contributed by atoms with van der Waals surface area (Å²) in [6.45, 7) is 83.6. The van der Waals surface area contributed by atoms with Crippen LogP contribution >= 0.6 is 0 Å². The summed E-state index contributed by atoms with van der Waals surface area (Å²) in [4.78, 5) is 11.4. The molecule has 4 aliphatic heterocycles. The molecule has 0 saturated heterocycles. The molecule has 0 N–H and O–H groups in total. The molecule has 6 heterocycles. The van der Waals surface area contributed by atoms with Gasteiger partial charge in [0.15, 0.2) is 0 Å². The Kier molecular flexibility index (Phi) is 21.4. The molecule has 6 nitrogen and oxygen atoms in total. The largest absolute Gasteiger partial charge is 0.472 e. The second-order valence-electron chi connectivity index (χ2n) is 57.3. The van der Waals surface area contributed by atoms with E-state index >= 15 is 0 Å². The van der Waals surface area contributed by atoms with Crippen LogP contribution < -0.4 is 52.8 Å². The number of rotatable bonds is 14. The van der Waals surface area contributed by atoms with Crippen molar-refractivity contribution in [2.45, 2.75) is 476 Å². The Bertz CT molecular complexity index is 6750. The molecule has 8 aromatic carbocycles. The molecule has 139 heavy (non-hydrogen) atoms. The lowest BCUT2D eigenvalue weighted by Crippen LogP contribution is -2.61. The Morgan fingerprint density at radius 1 is 0.345 bits per heavy atom. The van der Waals surface area contributed by atoms with Gasteiger partial charge in [-0.25, -0.2) is 0 Å². The maximum Gasteiger partial charge on any atom is 0.297 e. The summed E-state index contributed by atoms with van der Waals surface area (Å²) < 4.78 is 16.7. The molecule has 0 amide bonds. The van der Waals surface area contributed by atoms with Crippen molar-refractivity contribution in [3.8, 4) is 0 Å². The lowest BCUT2D eigenvalue weighted by Gasteiger charge is -2.49. The van der Waals surface area contributed by atoms with Crippen LogP contribution in [0.4, 0.5) is 68.2 Å². The molecule has 12 aliphatic rings. The number of unbranched alkanes of at least 4 members (excludes halogenated alkanes) is 1. The van der Waals surface area contributed by atoms with Crippen molar-refractivity contribution in [1.29, 1.82) is 0 Å². The summed E-state index contributed by atoms with van der Waals surface area (Å²) in [5, 5.41) is 0. The fraction of sp³-hybridized carbons (Fsp3) is 0.573. The fourth-order valence-electron chi connectivity index (χ4n) is 30.6. The van der Waals surface area contributed by atoms with E-state index in [9.17, 15) is 0 Å². The van der Waals surface area contributed by atoms with E-state index in [0.717, 1.165) is 94.8 Å². The number of nitrogens with zero attached hydrogens (tertiary/aromatic N) is 4. The van der Waals surface area contributed by atoms with Crippen LogP contribution in [0.5, 0.6) is 0 Å². The van der Waals surface area contributed by atoms with Crippen molar-refractivity contribution in [1.82, 2.24) is 0 Å². The molecule has 3 atom stereocenters.